The number of rotatable bonds is 36. The minimum atomic E-state index is -4.29. The first-order valence-corrected chi connectivity index (χ1v) is 21.5. The number of esters is 1. The highest BCUT2D eigenvalue weighted by molar-refractivity contribution is 7.47. The molecule has 0 aliphatic carbocycles. The Morgan fingerprint density at radius 2 is 1.06 bits per heavy atom. The molecule has 0 aromatic rings. The van der Waals surface area contributed by atoms with Crippen molar-refractivity contribution in [3.8, 4) is 0 Å². The Morgan fingerprint density at radius 3 is 1.53 bits per heavy atom. The van der Waals surface area contributed by atoms with Crippen LogP contribution in [0.15, 0.2) is 60.8 Å². The molecule has 0 radical (unpaired) electrons. The van der Waals surface area contributed by atoms with Gasteiger partial charge in [0.15, 0.2) is 0 Å². The number of quaternary nitrogens is 1. The highest BCUT2D eigenvalue weighted by Gasteiger charge is 2.26. The molecular weight excluding hydrogens is 661 g/mol. The van der Waals surface area contributed by atoms with Gasteiger partial charge in [0.05, 0.1) is 40.8 Å². The topological polar surface area (TPSA) is 91.3 Å². The number of unbranched alkanes of at least 4 members (excludes halogenated alkanes) is 13. The molecule has 2 atom stereocenters. The monoisotopic (exact) mass is 739 g/mol. The van der Waals surface area contributed by atoms with E-state index in [9.17, 15) is 14.3 Å². The van der Waals surface area contributed by atoms with Gasteiger partial charge in [0.2, 0.25) is 0 Å². The van der Waals surface area contributed by atoms with Crippen LogP contribution in [0.1, 0.15) is 142 Å². The van der Waals surface area contributed by atoms with Crippen molar-refractivity contribution in [2.24, 2.45) is 0 Å². The number of allylic oxidation sites excluding steroid dienone is 9. The van der Waals surface area contributed by atoms with Gasteiger partial charge in [0.25, 0.3) is 0 Å². The first-order valence-electron chi connectivity index (χ1n) is 20.0. The lowest BCUT2D eigenvalue weighted by Crippen LogP contribution is -2.37. The van der Waals surface area contributed by atoms with Gasteiger partial charge in [-0.1, -0.05) is 158 Å². The molecule has 296 valence electrons. The van der Waals surface area contributed by atoms with E-state index in [2.05, 4.69) is 62.5 Å². The van der Waals surface area contributed by atoms with E-state index in [1.165, 1.54) is 77.0 Å². The highest BCUT2D eigenvalue weighted by atomic mass is 31.2. The highest BCUT2D eigenvalue weighted by Crippen LogP contribution is 2.43. The molecule has 0 spiro atoms. The van der Waals surface area contributed by atoms with Crippen LogP contribution in [-0.4, -0.2) is 75.6 Å². The summed E-state index contributed by atoms with van der Waals surface area (Å²) < 4.78 is 34.7. The molecule has 0 bridgehead atoms. The molecule has 0 aromatic heterocycles. The Bertz CT molecular complexity index is 1000. The zero-order valence-electron chi connectivity index (χ0n) is 33.3. The number of likely N-dealkylation sites (N-methyl/N-ethyl adjacent to an activating group) is 1. The molecular formula is C42H77NO7P+. The van der Waals surface area contributed by atoms with Crippen LogP contribution in [0.3, 0.4) is 0 Å². The van der Waals surface area contributed by atoms with Gasteiger partial charge in [-0.15, -0.1) is 0 Å². The van der Waals surface area contributed by atoms with E-state index < -0.39 is 19.9 Å². The number of hydrogen-bond donors (Lipinski definition) is 1. The maximum Gasteiger partial charge on any atom is 0.472 e. The Morgan fingerprint density at radius 1 is 0.608 bits per heavy atom. The predicted octanol–water partition coefficient (Wildman–Crippen LogP) is 11.4. The zero-order valence-corrected chi connectivity index (χ0v) is 34.2. The first-order chi connectivity index (χ1) is 24.6. The summed E-state index contributed by atoms with van der Waals surface area (Å²) in [7, 11) is 1.61. The van der Waals surface area contributed by atoms with Crippen molar-refractivity contribution in [2.45, 2.75) is 148 Å². The van der Waals surface area contributed by atoms with Gasteiger partial charge in [-0.25, -0.2) is 4.57 Å². The number of phosphoric acid groups is 1. The fourth-order valence-electron chi connectivity index (χ4n) is 5.04. The summed E-state index contributed by atoms with van der Waals surface area (Å²) in [4.78, 5) is 22.7. The molecule has 0 aliphatic rings. The maximum absolute atomic E-state index is 12.6. The number of ether oxygens (including phenoxy) is 2. The average Bonchev–Trinajstić information content (AvgIpc) is 3.08. The lowest BCUT2D eigenvalue weighted by atomic mass is 10.0. The molecule has 0 aliphatic heterocycles. The van der Waals surface area contributed by atoms with E-state index in [0.29, 0.717) is 17.6 Å². The number of carbonyl (C=O) groups is 1. The van der Waals surface area contributed by atoms with E-state index in [-0.39, 0.29) is 26.2 Å². The Labute approximate surface area is 313 Å². The zero-order chi connectivity index (χ0) is 37.7. The minimum absolute atomic E-state index is 0.0709. The smallest absolute Gasteiger partial charge is 0.457 e. The fraction of sp³-hybridized carbons (Fsp3) is 0.738. The summed E-state index contributed by atoms with van der Waals surface area (Å²) in [6, 6.07) is 0. The second-order valence-electron chi connectivity index (χ2n) is 14.3. The third kappa shape index (κ3) is 39.2. The van der Waals surface area contributed by atoms with Crippen molar-refractivity contribution in [2.75, 3.05) is 54.1 Å². The second-order valence-corrected chi connectivity index (χ2v) is 15.8. The van der Waals surface area contributed by atoms with Crippen molar-refractivity contribution in [3.63, 3.8) is 0 Å². The van der Waals surface area contributed by atoms with Gasteiger partial charge in [-0.05, 0) is 38.5 Å². The summed E-state index contributed by atoms with van der Waals surface area (Å²) >= 11 is 0. The van der Waals surface area contributed by atoms with Crippen LogP contribution in [-0.2, 0) is 27.9 Å². The van der Waals surface area contributed by atoms with E-state index in [1.54, 1.807) is 6.08 Å². The third-order valence-electron chi connectivity index (χ3n) is 8.13. The summed E-state index contributed by atoms with van der Waals surface area (Å²) in [5, 5.41) is 0. The van der Waals surface area contributed by atoms with Gasteiger partial charge in [-0.3, -0.25) is 13.8 Å². The van der Waals surface area contributed by atoms with Gasteiger partial charge in [0, 0.05) is 6.61 Å². The molecule has 8 nitrogen and oxygen atoms in total. The standard InChI is InChI=1S/C42H76NO7P/c1-6-8-10-12-14-16-18-20-22-23-25-27-29-31-33-35-42(44)50-41(40-49-51(45,46)48-38-36-43(3,4)5)39-47-37-34-32-30-28-26-24-21-19-17-15-13-11-9-7-2/h8,10,14,16,20,22,25,27,31,33,41H,6-7,9,11-13,15,17-19,21,23-24,26,28-30,32,34-40H2,1-5H3/p+1/b10-8-,16-14-,22-20-,27-25-,33-31-. The van der Waals surface area contributed by atoms with E-state index in [0.717, 1.165) is 44.9 Å². The molecule has 0 saturated carbocycles. The Hall–Kier alpha value is -1.80. The summed E-state index contributed by atoms with van der Waals surface area (Å²) in [5.41, 5.74) is 0. The van der Waals surface area contributed by atoms with Crippen LogP contribution in [0.25, 0.3) is 0 Å². The molecule has 0 rings (SSSR count). The van der Waals surface area contributed by atoms with Crippen molar-refractivity contribution in [1.82, 2.24) is 0 Å². The Kier molecular flexibility index (Phi) is 34.0. The summed E-state index contributed by atoms with van der Waals surface area (Å²) in [6.45, 7) is 5.36. The fourth-order valence-corrected chi connectivity index (χ4v) is 5.78. The number of phosphoric ester groups is 1. The summed E-state index contributed by atoms with van der Waals surface area (Å²) in [5.74, 6) is -0.441. The second kappa shape index (κ2) is 35.2. The maximum atomic E-state index is 12.6. The van der Waals surface area contributed by atoms with Crippen LogP contribution in [0, 0.1) is 0 Å². The quantitative estimate of drug-likeness (QED) is 0.0225. The van der Waals surface area contributed by atoms with Crippen molar-refractivity contribution in [3.05, 3.63) is 60.8 Å². The van der Waals surface area contributed by atoms with Crippen LogP contribution in [0.5, 0.6) is 0 Å². The number of nitrogens with zero attached hydrogens (tertiary/aromatic N) is 1. The normalized spacial score (nSPS) is 14.5. The van der Waals surface area contributed by atoms with Gasteiger partial charge >= 0.3 is 13.8 Å². The van der Waals surface area contributed by atoms with Gasteiger partial charge < -0.3 is 18.9 Å². The van der Waals surface area contributed by atoms with Crippen molar-refractivity contribution in [1.29, 1.82) is 0 Å². The summed E-state index contributed by atoms with van der Waals surface area (Å²) in [6.07, 6.45) is 42.8. The molecule has 0 amide bonds. The average molecular weight is 739 g/mol. The lowest BCUT2D eigenvalue weighted by molar-refractivity contribution is -0.870. The minimum Gasteiger partial charge on any atom is -0.457 e. The van der Waals surface area contributed by atoms with Crippen LogP contribution >= 0.6 is 7.82 Å². The number of carbonyl (C=O) groups excluding carboxylic acids is 1. The predicted molar refractivity (Wildman–Crippen MR) is 215 cm³/mol. The van der Waals surface area contributed by atoms with Crippen LogP contribution in [0.4, 0.5) is 0 Å². The van der Waals surface area contributed by atoms with E-state index in [1.807, 2.05) is 27.2 Å². The van der Waals surface area contributed by atoms with Gasteiger partial charge in [-0.2, -0.15) is 0 Å². The van der Waals surface area contributed by atoms with Crippen LogP contribution < -0.4 is 0 Å². The number of hydrogen-bond acceptors (Lipinski definition) is 6. The molecule has 2 unspecified atom stereocenters. The van der Waals surface area contributed by atoms with Gasteiger partial charge in [0.1, 0.15) is 19.3 Å². The molecule has 51 heavy (non-hydrogen) atoms. The van der Waals surface area contributed by atoms with Crippen molar-refractivity contribution >= 4 is 13.8 Å². The lowest BCUT2D eigenvalue weighted by Gasteiger charge is -2.24. The molecule has 0 fully saturated rings. The first kappa shape index (κ1) is 49.2. The molecule has 0 aromatic carbocycles. The van der Waals surface area contributed by atoms with E-state index >= 15 is 0 Å². The molecule has 0 heterocycles. The SMILES string of the molecule is CC/C=C\C/C=C\C/C=C\C/C=C\C/C=C\CC(=O)OC(COCCCCCCCCCCCCCCCC)COP(=O)(O)OCC[N+](C)(C)C. The molecule has 1 N–H and O–H groups in total. The van der Waals surface area contributed by atoms with Crippen molar-refractivity contribution < 1.29 is 37.3 Å². The Balaban J connectivity index is 4.43. The largest absolute Gasteiger partial charge is 0.472 e. The third-order valence-corrected chi connectivity index (χ3v) is 9.11. The van der Waals surface area contributed by atoms with Crippen LogP contribution in [0.2, 0.25) is 0 Å². The molecule has 9 heteroatoms. The van der Waals surface area contributed by atoms with E-state index in [4.69, 9.17) is 18.5 Å². The molecule has 0 saturated heterocycles.